The Bertz CT molecular complexity index is 1270. The minimum absolute atomic E-state index is 0.138. The molecular weight excluding hydrogens is 467 g/mol. The zero-order valence-electron chi connectivity index (χ0n) is 17.3. The molecule has 0 amide bonds. The number of aliphatic imine (C=N–C) groups is 1. The van der Waals surface area contributed by atoms with E-state index in [0.717, 1.165) is 34.9 Å². The Hall–Kier alpha value is -3.68. The molecule has 0 aliphatic carbocycles. The van der Waals surface area contributed by atoms with E-state index in [0.29, 0.717) is 0 Å². The van der Waals surface area contributed by atoms with Crippen molar-refractivity contribution in [3.05, 3.63) is 53.0 Å². The maximum Gasteiger partial charge on any atom is 0.341 e. The normalized spacial score (nSPS) is 20.3. The second-order valence-electron chi connectivity index (χ2n) is 7.25. The number of nitrogens with zero attached hydrogens (tertiary/aromatic N) is 4. The van der Waals surface area contributed by atoms with Gasteiger partial charge in [0.2, 0.25) is 21.9 Å². The summed E-state index contributed by atoms with van der Waals surface area (Å²) in [4.78, 5) is 22.0. The number of aromatic nitrogens is 2. The number of hydrogen-bond acceptors (Lipinski definition) is 8. The van der Waals surface area contributed by atoms with Crippen molar-refractivity contribution in [2.75, 3.05) is 19.4 Å². The Morgan fingerprint density at radius 2 is 2.03 bits per heavy atom. The van der Waals surface area contributed by atoms with Crippen LogP contribution in [0.5, 0.6) is 5.88 Å². The Morgan fingerprint density at radius 1 is 1.33 bits per heavy atom. The summed E-state index contributed by atoms with van der Waals surface area (Å²) in [6.07, 6.45) is 2.79. The first-order chi connectivity index (χ1) is 15.3. The maximum atomic E-state index is 14.7. The highest BCUT2D eigenvalue weighted by Crippen LogP contribution is 2.35. The number of benzene rings is 1. The molecule has 0 spiro atoms. The molecule has 14 heteroatoms. The van der Waals surface area contributed by atoms with Gasteiger partial charge < -0.3 is 15.6 Å². The Labute approximate surface area is 186 Å². The summed E-state index contributed by atoms with van der Waals surface area (Å²) < 4.78 is 73.9. The molecule has 1 aromatic heterocycles. The Morgan fingerprint density at radius 3 is 2.61 bits per heavy atom. The molecule has 1 aromatic carbocycles. The van der Waals surface area contributed by atoms with Crippen molar-refractivity contribution in [2.24, 2.45) is 10.7 Å². The largest absolute Gasteiger partial charge is 0.479 e. The molecule has 1 aliphatic rings. The van der Waals surface area contributed by atoms with Crippen LogP contribution in [0.3, 0.4) is 0 Å². The van der Waals surface area contributed by atoms with Crippen molar-refractivity contribution in [1.29, 1.82) is 0 Å². The summed E-state index contributed by atoms with van der Waals surface area (Å²) >= 11 is 0. The lowest BCUT2D eigenvalue weighted by Gasteiger charge is -2.34. The van der Waals surface area contributed by atoms with Crippen molar-refractivity contribution in [3.63, 3.8) is 0 Å². The number of aliphatic carboxylic acids is 1. The number of halogens is 3. The number of carboxylic acids is 1. The molecule has 0 bridgehead atoms. The summed E-state index contributed by atoms with van der Waals surface area (Å²) in [7, 11) is -2.78. The number of sulfonamides is 1. The van der Waals surface area contributed by atoms with Crippen LogP contribution in [0.1, 0.15) is 23.7 Å². The van der Waals surface area contributed by atoms with E-state index in [1.54, 1.807) is 0 Å². The number of carbonyl (C=O) groups is 1. The highest BCUT2D eigenvalue weighted by Gasteiger charge is 2.42. The van der Waals surface area contributed by atoms with Crippen molar-refractivity contribution in [2.45, 2.75) is 12.5 Å². The number of rotatable bonds is 6. The molecule has 3 rings (SSSR count). The van der Waals surface area contributed by atoms with Crippen LogP contribution in [0.4, 0.5) is 13.2 Å². The average molecular weight is 485 g/mol. The lowest BCUT2D eigenvalue weighted by Crippen LogP contribution is -2.50. The van der Waals surface area contributed by atoms with E-state index in [1.165, 1.54) is 14.0 Å². The number of ether oxygens (including phenoxy) is 1. The lowest BCUT2D eigenvalue weighted by molar-refractivity contribution is -0.139. The SMILES string of the molecule is CN1C(N)=NC(C)(c2cc(/C=C(\F)c3cnc(OCC(=O)O)cn3)cc(F)c2F)CS1(=O)=O. The van der Waals surface area contributed by atoms with E-state index in [1.807, 2.05) is 0 Å². The van der Waals surface area contributed by atoms with Crippen LogP contribution in [0.2, 0.25) is 0 Å². The zero-order chi connectivity index (χ0) is 24.6. The highest BCUT2D eigenvalue weighted by molar-refractivity contribution is 7.89. The number of nitrogens with two attached hydrogens (primary N) is 1. The summed E-state index contributed by atoms with van der Waals surface area (Å²) in [5, 5.41) is 8.56. The first-order valence-electron chi connectivity index (χ1n) is 9.18. The molecule has 1 unspecified atom stereocenters. The van der Waals surface area contributed by atoms with E-state index < -0.39 is 62.9 Å². The molecule has 0 radical (unpaired) electrons. The maximum absolute atomic E-state index is 14.7. The summed E-state index contributed by atoms with van der Waals surface area (Å²) in [6.45, 7) is 0.606. The zero-order valence-corrected chi connectivity index (χ0v) is 18.1. The molecular formula is C19H18F3N5O5S. The van der Waals surface area contributed by atoms with Gasteiger partial charge in [-0.2, -0.15) is 0 Å². The van der Waals surface area contributed by atoms with Gasteiger partial charge in [0.15, 0.2) is 24.1 Å². The van der Waals surface area contributed by atoms with Crippen LogP contribution in [0, 0.1) is 11.6 Å². The molecule has 33 heavy (non-hydrogen) atoms. The average Bonchev–Trinajstić information content (AvgIpc) is 2.72. The van der Waals surface area contributed by atoms with Gasteiger partial charge in [0, 0.05) is 12.6 Å². The third-order valence-corrected chi connectivity index (χ3v) is 6.65. The van der Waals surface area contributed by atoms with E-state index in [2.05, 4.69) is 15.0 Å². The molecule has 1 aliphatic heterocycles. The van der Waals surface area contributed by atoms with Crippen molar-refractivity contribution >= 4 is 33.9 Å². The van der Waals surface area contributed by atoms with Gasteiger partial charge in [-0.15, -0.1) is 0 Å². The summed E-state index contributed by atoms with van der Waals surface area (Å²) in [5.74, 6) is -6.15. The van der Waals surface area contributed by atoms with Crippen LogP contribution < -0.4 is 10.5 Å². The molecule has 2 aromatic rings. The van der Waals surface area contributed by atoms with Gasteiger partial charge in [0.25, 0.3) is 0 Å². The monoisotopic (exact) mass is 485 g/mol. The van der Waals surface area contributed by atoms with E-state index in [4.69, 9.17) is 15.6 Å². The van der Waals surface area contributed by atoms with Crippen molar-refractivity contribution < 1.29 is 36.2 Å². The highest BCUT2D eigenvalue weighted by atomic mass is 32.2. The Kier molecular flexibility index (Phi) is 6.31. The van der Waals surface area contributed by atoms with Crippen LogP contribution in [0.15, 0.2) is 29.5 Å². The summed E-state index contributed by atoms with van der Waals surface area (Å²) in [5.41, 5.74) is 3.03. The minimum atomic E-state index is -3.96. The molecule has 1 atom stereocenters. The molecule has 0 saturated heterocycles. The molecule has 3 N–H and O–H groups in total. The predicted octanol–water partition coefficient (Wildman–Crippen LogP) is 1.49. The van der Waals surface area contributed by atoms with Crippen LogP contribution in [-0.4, -0.2) is 59.1 Å². The minimum Gasteiger partial charge on any atom is -0.479 e. The molecule has 176 valence electrons. The lowest BCUT2D eigenvalue weighted by atomic mass is 9.92. The first kappa shape index (κ1) is 24.0. The fraction of sp³-hybridized carbons (Fsp3) is 0.263. The van der Waals surface area contributed by atoms with Gasteiger partial charge in [-0.3, -0.25) is 0 Å². The van der Waals surface area contributed by atoms with Gasteiger partial charge >= 0.3 is 5.97 Å². The molecule has 10 nitrogen and oxygen atoms in total. The van der Waals surface area contributed by atoms with Crippen LogP contribution >= 0.6 is 0 Å². The predicted molar refractivity (Wildman–Crippen MR) is 111 cm³/mol. The number of carboxylic acid groups (broad SMARTS) is 1. The second-order valence-corrected chi connectivity index (χ2v) is 9.25. The van der Waals surface area contributed by atoms with Gasteiger partial charge in [-0.1, -0.05) is 0 Å². The van der Waals surface area contributed by atoms with E-state index in [9.17, 15) is 26.4 Å². The third kappa shape index (κ3) is 5.05. The standard InChI is InChI=1S/C19H18F3N5O5S/c1-19(9-33(30,31)27(2)18(23)26-19)11-3-10(5-13(21)17(11)22)4-12(20)14-6-25-15(7-24-14)32-8-16(28)29/h3-7H,8-9H2,1-2H3,(H2,23,26)(H,28,29)/b12-4-. The van der Waals surface area contributed by atoms with Gasteiger partial charge in [0.1, 0.15) is 11.2 Å². The summed E-state index contributed by atoms with van der Waals surface area (Å²) in [6, 6.07) is 1.78. The molecule has 0 saturated carbocycles. The smallest absolute Gasteiger partial charge is 0.341 e. The quantitative estimate of drug-likeness (QED) is 0.625. The first-order valence-corrected chi connectivity index (χ1v) is 10.8. The van der Waals surface area contributed by atoms with Gasteiger partial charge in [-0.05, 0) is 30.7 Å². The Balaban J connectivity index is 1.98. The fourth-order valence-corrected chi connectivity index (χ4v) is 4.49. The van der Waals surface area contributed by atoms with Gasteiger partial charge in [-0.25, -0.2) is 45.6 Å². The molecule has 0 fully saturated rings. The van der Waals surface area contributed by atoms with Crippen molar-refractivity contribution in [3.8, 4) is 5.88 Å². The number of guanidine groups is 1. The second kappa shape index (κ2) is 8.69. The number of hydrogen-bond donors (Lipinski definition) is 2. The van der Waals surface area contributed by atoms with Crippen molar-refractivity contribution in [1.82, 2.24) is 14.3 Å². The van der Waals surface area contributed by atoms with Crippen LogP contribution in [0.25, 0.3) is 11.9 Å². The fourth-order valence-electron chi connectivity index (χ4n) is 3.04. The van der Waals surface area contributed by atoms with Crippen LogP contribution in [-0.2, 0) is 20.4 Å². The molecule has 2 heterocycles. The topological polar surface area (TPSA) is 148 Å². The van der Waals surface area contributed by atoms with E-state index >= 15 is 0 Å². The third-order valence-electron chi connectivity index (χ3n) is 4.71. The van der Waals surface area contributed by atoms with E-state index in [-0.39, 0.29) is 17.1 Å². The van der Waals surface area contributed by atoms with Gasteiger partial charge in [0.05, 0.1) is 18.1 Å².